The van der Waals surface area contributed by atoms with Crippen molar-refractivity contribution in [2.24, 2.45) is 7.05 Å². The van der Waals surface area contributed by atoms with E-state index in [4.69, 9.17) is 11.6 Å². The Morgan fingerprint density at radius 3 is 3.04 bits per heavy atom. The second kappa shape index (κ2) is 7.90. The van der Waals surface area contributed by atoms with Crippen LogP contribution in [0, 0.1) is 0 Å². The first kappa shape index (κ1) is 17.1. The molecule has 2 amide bonds. The number of hydrogen-bond acceptors (Lipinski definition) is 4. The maximum Gasteiger partial charge on any atom is 0.317 e. The highest BCUT2D eigenvalue weighted by atomic mass is 35.5. The number of likely N-dealkylation sites (tertiary alicyclic amines) is 1. The van der Waals surface area contributed by atoms with Crippen LogP contribution in [-0.4, -0.2) is 51.1 Å². The van der Waals surface area contributed by atoms with E-state index in [9.17, 15) is 4.79 Å². The molecule has 0 radical (unpaired) electrons. The van der Waals surface area contributed by atoms with Gasteiger partial charge in [-0.15, -0.1) is 10.2 Å². The molecule has 6 nitrogen and oxygen atoms in total. The third-order valence-electron chi connectivity index (χ3n) is 4.10. The summed E-state index contributed by atoms with van der Waals surface area (Å²) >= 11 is 7.84. The first-order chi connectivity index (χ1) is 11.6. The Bertz CT molecular complexity index is 707. The molecule has 1 fully saturated rings. The van der Waals surface area contributed by atoms with Crippen LogP contribution in [0.15, 0.2) is 35.7 Å². The molecule has 1 saturated heterocycles. The van der Waals surface area contributed by atoms with E-state index in [0.717, 1.165) is 34.5 Å². The van der Waals surface area contributed by atoms with Gasteiger partial charge in [0.05, 0.1) is 0 Å². The molecule has 2 aromatic rings. The number of aryl methyl sites for hydroxylation is 1. The van der Waals surface area contributed by atoms with Gasteiger partial charge in [-0.3, -0.25) is 0 Å². The Morgan fingerprint density at radius 1 is 1.46 bits per heavy atom. The van der Waals surface area contributed by atoms with Crippen LogP contribution in [0.1, 0.15) is 17.9 Å². The van der Waals surface area contributed by atoms with E-state index in [-0.39, 0.29) is 6.03 Å². The Hall–Kier alpha value is -1.73. The SMILES string of the molecule is Cn1cnnc1SCCNC(=O)N1CC[C@@H](c2ccccc2Cl)C1. The zero-order chi connectivity index (χ0) is 16.9. The number of benzene rings is 1. The van der Waals surface area contributed by atoms with Gasteiger partial charge in [0.2, 0.25) is 0 Å². The third kappa shape index (κ3) is 4.02. The maximum atomic E-state index is 12.3. The summed E-state index contributed by atoms with van der Waals surface area (Å²) in [6.07, 6.45) is 2.62. The van der Waals surface area contributed by atoms with Crippen LogP contribution in [0.3, 0.4) is 0 Å². The minimum atomic E-state index is -0.0110. The summed E-state index contributed by atoms with van der Waals surface area (Å²) in [5.74, 6) is 1.08. The van der Waals surface area contributed by atoms with Gasteiger partial charge in [-0.25, -0.2) is 4.79 Å². The van der Waals surface area contributed by atoms with Crippen LogP contribution < -0.4 is 5.32 Å². The Labute approximate surface area is 150 Å². The number of carbonyl (C=O) groups is 1. The third-order valence-corrected chi connectivity index (χ3v) is 5.48. The predicted octanol–water partition coefficient (Wildman–Crippen LogP) is 2.76. The van der Waals surface area contributed by atoms with E-state index >= 15 is 0 Å². The fraction of sp³-hybridized carbons (Fsp3) is 0.438. The van der Waals surface area contributed by atoms with Crippen LogP contribution in [0.25, 0.3) is 0 Å². The first-order valence-electron chi connectivity index (χ1n) is 7.89. The van der Waals surface area contributed by atoms with Gasteiger partial charge < -0.3 is 14.8 Å². The lowest BCUT2D eigenvalue weighted by molar-refractivity contribution is 0.209. The highest BCUT2D eigenvalue weighted by Crippen LogP contribution is 2.31. The van der Waals surface area contributed by atoms with Gasteiger partial charge in [-0.2, -0.15) is 0 Å². The fourth-order valence-electron chi connectivity index (χ4n) is 2.82. The molecule has 8 heteroatoms. The fourth-order valence-corrected chi connectivity index (χ4v) is 3.85. The summed E-state index contributed by atoms with van der Waals surface area (Å²) in [5, 5.41) is 12.4. The van der Waals surface area contributed by atoms with E-state index in [1.807, 2.05) is 40.8 Å². The van der Waals surface area contributed by atoms with Gasteiger partial charge in [0.15, 0.2) is 5.16 Å². The van der Waals surface area contributed by atoms with E-state index in [2.05, 4.69) is 15.5 Å². The smallest absolute Gasteiger partial charge is 0.317 e. The number of carbonyl (C=O) groups excluding carboxylic acids is 1. The number of hydrogen-bond donors (Lipinski definition) is 1. The van der Waals surface area contributed by atoms with E-state index < -0.39 is 0 Å². The van der Waals surface area contributed by atoms with Crippen molar-refractivity contribution in [3.05, 3.63) is 41.2 Å². The van der Waals surface area contributed by atoms with E-state index in [1.54, 1.807) is 18.1 Å². The Balaban J connectivity index is 1.43. The molecule has 0 aliphatic carbocycles. The van der Waals surface area contributed by atoms with Gasteiger partial charge >= 0.3 is 6.03 Å². The van der Waals surface area contributed by atoms with Crippen molar-refractivity contribution in [2.45, 2.75) is 17.5 Å². The zero-order valence-corrected chi connectivity index (χ0v) is 15.1. The van der Waals surface area contributed by atoms with E-state index in [0.29, 0.717) is 19.0 Å². The molecule has 1 N–H and O–H groups in total. The summed E-state index contributed by atoms with van der Waals surface area (Å²) in [6.45, 7) is 2.08. The van der Waals surface area contributed by atoms with Crippen molar-refractivity contribution in [1.82, 2.24) is 25.0 Å². The molecule has 0 saturated carbocycles. The summed E-state index contributed by atoms with van der Waals surface area (Å²) < 4.78 is 1.86. The average molecular weight is 366 g/mol. The van der Waals surface area contributed by atoms with Crippen molar-refractivity contribution < 1.29 is 4.79 Å². The van der Waals surface area contributed by atoms with Crippen molar-refractivity contribution in [3.8, 4) is 0 Å². The number of rotatable bonds is 5. The molecule has 1 atom stereocenters. The molecule has 0 bridgehead atoms. The van der Waals surface area contributed by atoms with Gasteiger partial charge in [-0.05, 0) is 18.1 Å². The minimum absolute atomic E-state index is 0.0110. The molecular weight excluding hydrogens is 346 g/mol. The highest BCUT2D eigenvalue weighted by Gasteiger charge is 2.28. The molecular formula is C16H20ClN5OS. The maximum absolute atomic E-state index is 12.3. The van der Waals surface area contributed by atoms with Crippen LogP contribution in [-0.2, 0) is 7.05 Å². The van der Waals surface area contributed by atoms with Gasteiger partial charge in [0, 0.05) is 43.4 Å². The number of urea groups is 1. The van der Waals surface area contributed by atoms with Crippen molar-refractivity contribution in [3.63, 3.8) is 0 Å². The second-order valence-electron chi connectivity index (χ2n) is 5.76. The zero-order valence-electron chi connectivity index (χ0n) is 13.5. The van der Waals surface area contributed by atoms with Gasteiger partial charge in [0.25, 0.3) is 0 Å². The van der Waals surface area contributed by atoms with Crippen LogP contribution >= 0.6 is 23.4 Å². The van der Waals surface area contributed by atoms with Crippen LogP contribution in [0.5, 0.6) is 0 Å². The molecule has 1 aliphatic rings. The van der Waals surface area contributed by atoms with Crippen molar-refractivity contribution >= 4 is 29.4 Å². The molecule has 128 valence electrons. The summed E-state index contributed by atoms with van der Waals surface area (Å²) in [7, 11) is 1.90. The van der Waals surface area contributed by atoms with Crippen molar-refractivity contribution in [1.29, 1.82) is 0 Å². The molecule has 1 aromatic carbocycles. The largest absolute Gasteiger partial charge is 0.337 e. The number of aromatic nitrogens is 3. The highest BCUT2D eigenvalue weighted by molar-refractivity contribution is 7.99. The predicted molar refractivity (Wildman–Crippen MR) is 95.5 cm³/mol. The lowest BCUT2D eigenvalue weighted by Crippen LogP contribution is -2.39. The lowest BCUT2D eigenvalue weighted by atomic mass is 9.98. The molecule has 24 heavy (non-hydrogen) atoms. The number of nitrogens with zero attached hydrogens (tertiary/aromatic N) is 4. The average Bonchev–Trinajstić information content (AvgIpc) is 3.21. The number of thioether (sulfide) groups is 1. The quantitative estimate of drug-likeness (QED) is 0.653. The topological polar surface area (TPSA) is 63.1 Å². The monoisotopic (exact) mass is 365 g/mol. The van der Waals surface area contributed by atoms with Crippen molar-refractivity contribution in [2.75, 3.05) is 25.4 Å². The second-order valence-corrected chi connectivity index (χ2v) is 7.23. The molecule has 1 aliphatic heterocycles. The van der Waals surface area contributed by atoms with Crippen LogP contribution in [0.4, 0.5) is 4.79 Å². The lowest BCUT2D eigenvalue weighted by Gasteiger charge is -2.18. The standard InChI is InChI=1S/C16H20ClN5OS/c1-21-11-19-20-16(21)24-9-7-18-15(23)22-8-6-12(10-22)13-4-2-3-5-14(13)17/h2-5,11-12H,6-10H2,1H3,(H,18,23)/t12-/m1/s1. The summed E-state index contributed by atoms with van der Waals surface area (Å²) in [5.41, 5.74) is 1.13. The Kier molecular flexibility index (Phi) is 5.63. The number of nitrogens with one attached hydrogen (secondary N) is 1. The molecule has 2 heterocycles. The molecule has 3 rings (SSSR count). The first-order valence-corrected chi connectivity index (χ1v) is 9.25. The number of halogens is 1. The Morgan fingerprint density at radius 2 is 2.29 bits per heavy atom. The van der Waals surface area contributed by atoms with Gasteiger partial charge in [0.1, 0.15) is 6.33 Å². The normalized spacial score (nSPS) is 17.2. The molecule has 1 aromatic heterocycles. The van der Waals surface area contributed by atoms with Gasteiger partial charge in [-0.1, -0.05) is 41.6 Å². The number of amides is 2. The minimum Gasteiger partial charge on any atom is -0.337 e. The summed E-state index contributed by atoms with van der Waals surface area (Å²) in [4.78, 5) is 14.1. The summed E-state index contributed by atoms with van der Waals surface area (Å²) in [6, 6.07) is 7.87. The molecule has 0 unspecified atom stereocenters. The molecule has 0 spiro atoms. The van der Waals surface area contributed by atoms with Crippen LogP contribution in [0.2, 0.25) is 5.02 Å². The van der Waals surface area contributed by atoms with E-state index in [1.165, 1.54) is 0 Å².